The second-order valence-electron chi connectivity index (χ2n) is 5.30. The van der Waals surface area contributed by atoms with Gasteiger partial charge in [-0.05, 0) is 30.3 Å². The van der Waals surface area contributed by atoms with E-state index in [1.165, 1.54) is 25.0 Å². The lowest BCUT2D eigenvalue weighted by molar-refractivity contribution is -0.120. The molecule has 2 rings (SSSR count). The highest BCUT2D eigenvalue weighted by Crippen LogP contribution is 2.29. The predicted molar refractivity (Wildman–Crippen MR) is 101 cm³/mol. The first-order chi connectivity index (χ1) is 12.3. The van der Waals surface area contributed by atoms with E-state index in [-0.39, 0.29) is 23.0 Å². The molecule has 0 radical (unpaired) electrons. The second-order valence-corrected chi connectivity index (χ2v) is 6.08. The Hall–Kier alpha value is -2.57. The number of rotatable bonds is 5. The maximum Gasteiger partial charge on any atom is 0.337 e. The number of carbonyl (C=O) groups is 3. The van der Waals surface area contributed by atoms with Crippen LogP contribution < -0.4 is 10.2 Å². The van der Waals surface area contributed by atoms with Crippen molar-refractivity contribution in [3.8, 4) is 0 Å². The molecule has 0 heterocycles. The molecule has 26 heavy (non-hydrogen) atoms. The summed E-state index contributed by atoms with van der Waals surface area (Å²) in [4.78, 5) is 37.2. The number of methoxy groups -OCH3 is 1. The minimum absolute atomic E-state index is 0.213. The van der Waals surface area contributed by atoms with Crippen LogP contribution in [0.4, 0.5) is 11.4 Å². The predicted octanol–water partition coefficient (Wildman–Crippen LogP) is 3.77. The molecule has 0 saturated heterocycles. The Labute approximate surface area is 160 Å². The van der Waals surface area contributed by atoms with Crippen LogP contribution in [0, 0.1) is 0 Å². The number of hydrogen-bond acceptors (Lipinski definition) is 4. The van der Waals surface area contributed by atoms with Crippen LogP contribution in [0.15, 0.2) is 42.5 Å². The average molecular weight is 395 g/mol. The fourth-order valence-corrected chi connectivity index (χ4v) is 2.58. The third-order valence-electron chi connectivity index (χ3n) is 3.49. The summed E-state index contributed by atoms with van der Waals surface area (Å²) < 4.78 is 4.67. The van der Waals surface area contributed by atoms with Crippen molar-refractivity contribution in [2.45, 2.75) is 6.92 Å². The van der Waals surface area contributed by atoms with Crippen LogP contribution >= 0.6 is 23.2 Å². The molecule has 136 valence electrons. The molecule has 0 aliphatic heterocycles. The topological polar surface area (TPSA) is 75.7 Å². The van der Waals surface area contributed by atoms with Crippen molar-refractivity contribution in [3.05, 3.63) is 58.1 Å². The zero-order chi connectivity index (χ0) is 19.3. The van der Waals surface area contributed by atoms with Crippen LogP contribution in [-0.2, 0) is 14.3 Å². The standard InChI is InChI=1S/C18H16Cl2N2O4/c1-11(23)22(13-6-3-5-12(9-13)18(25)26-2)10-16(24)21-15-8-4-7-14(19)17(15)20/h3-9H,10H2,1-2H3,(H,21,24). The Morgan fingerprint density at radius 2 is 1.81 bits per heavy atom. The van der Waals surface area contributed by atoms with Crippen molar-refractivity contribution < 1.29 is 19.1 Å². The number of amides is 2. The normalized spacial score (nSPS) is 10.2. The number of carbonyl (C=O) groups excluding carboxylic acids is 3. The molecule has 0 bridgehead atoms. The molecule has 0 aliphatic carbocycles. The van der Waals surface area contributed by atoms with E-state index in [1.54, 1.807) is 36.4 Å². The molecule has 8 heteroatoms. The van der Waals surface area contributed by atoms with Gasteiger partial charge in [0, 0.05) is 12.6 Å². The van der Waals surface area contributed by atoms with E-state index in [0.29, 0.717) is 16.4 Å². The number of esters is 1. The van der Waals surface area contributed by atoms with Gasteiger partial charge < -0.3 is 15.0 Å². The van der Waals surface area contributed by atoms with Crippen LogP contribution in [0.25, 0.3) is 0 Å². The highest BCUT2D eigenvalue weighted by atomic mass is 35.5. The number of anilines is 2. The van der Waals surface area contributed by atoms with Gasteiger partial charge >= 0.3 is 5.97 Å². The summed E-state index contributed by atoms with van der Waals surface area (Å²) >= 11 is 12.0. The Bertz CT molecular complexity index is 855. The van der Waals surface area contributed by atoms with Gasteiger partial charge in [0.2, 0.25) is 11.8 Å². The zero-order valence-electron chi connectivity index (χ0n) is 14.1. The first-order valence-electron chi connectivity index (χ1n) is 7.54. The van der Waals surface area contributed by atoms with Gasteiger partial charge in [-0.25, -0.2) is 4.79 Å². The summed E-state index contributed by atoms with van der Waals surface area (Å²) in [6.45, 7) is 1.06. The van der Waals surface area contributed by atoms with E-state index in [1.807, 2.05) is 0 Å². The third kappa shape index (κ3) is 4.74. The minimum atomic E-state index is -0.537. The van der Waals surface area contributed by atoms with Crippen molar-refractivity contribution in [1.82, 2.24) is 0 Å². The van der Waals surface area contributed by atoms with Gasteiger partial charge in [-0.2, -0.15) is 0 Å². The molecule has 2 aromatic rings. The van der Waals surface area contributed by atoms with Gasteiger partial charge in [-0.3, -0.25) is 9.59 Å². The molecule has 0 aliphatic rings. The average Bonchev–Trinajstić information content (AvgIpc) is 2.62. The van der Waals surface area contributed by atoms with E-state index >= 15 is 0 Å². The molecular weight excluding hydrogens is 379 g/mol. The first kappa shape index (κ1) is 19.8. The molecule has 0 saturated carbocycles. The van der Waals surface area contributed by atoms with Gasteiger partial charge in [-0.1, -0.05) is 35.3 Å². The Morgan fingerprint density at radius 3 is 2.46 bits per heavy atom. The van der Waals surface area contributed by atoms with Gasteiger partial charge in [-0.15, -0.1) is 0 Å². The van der Waals surface area contributed by atoms with Gasteiger partial charge in [0.1, 0.15) is 6.54 Å². The maximum absolute atomic E-state index is 12.3. The summed E-state index contributed by atoms with van der Waals surface area (Å²) in [5.74, 6) is -1.36. The zero-order valence-corrected chi connectivity index (χ0v) is 15.6. The molecule has 0 atom stereocenters. The molecular formula is C18H16Cl2N2O4. The van der Waals surface area contributed by atoms with Crippen molar-refractivity contribution in [2.75, 3.05) is 23.9 Å². The Balaban J connectivity index is 2.20. The maximum atomic E-state index is 12.3. The van der Waals surface area contributed by atoms with E-state index < -0.39 is 11.9 Å². The monoisotopic (exact) mass is 394 g/mol. The number of nitrogens with zero attached hydrogens (tertiary/aromatic N) is 1. The van der Waals surface area contributed by atoms with Crippen LogP contribution in [0.5, 0.6) is 0 Å². The first-order valence-corrected chi connectivity index (χ1v) is 8.29. The summed E-state index contributed by atoms with van der Waals surface area (Å²) in [5, 5.41) is 3.13. The van der Waals surface area contributed by atoms with Gasteiger partial charge in [0.15, 0.2) is 0 Å². The Morgan fingerprint density at radius 1 is 1.12 bits per heavy atom. The van der Waals surface area contributed by atoms with E-state index in [2.05, 4.69) is 10.1 Å². The highest BCUT2D eigenvalue weighted by molar-refractivity contribution is 6.44. The van der Waals surface area contributed by atoms with Gasteiger partial charge in [0.25, 0.3) is 0 Å². The SMILES string of the molecule is COC(=O)c1cccc(N(CC(=O)Nc2cccc(Cl)c2Cl)C(C)=O)c1. The summed E-state index contributed by atoms with van der Waals surface area (Å²) in [7, 11) is 1.26. The van der Waals surface area contributed by atoms with Crippen LogP contribution in [-0.4, -0.2) is 31.4 Å². The highest BCUT2D eigenvalue weighted by Gasteiger charge is 2.18. The lowest BCUT2D eigenvalue weighted by Crippen LogP contribution is -2.36. The van der Waals surface area contributed by atoms with Crippen molar-refractivity contribution in [1.29, 1.82) is 0 Å². The quantitative estimate of drug-likeness (QED) is 0.782. The molecule has 0 unspecified atom stereocenters. The lowest BCUT2D eigenvalue weighted by atomic mass is 10.2. The minimum Gasteiger partial charge on any atom is -0.465 e. The lowest BCUT2D eigenvalue weighted by Gasteiger charge is -2.21. The van der Waals surface area contributed by atoms with Gasteiger partial charge in [0.05, 0.1) is 28.4 Å². The molecule has 2 amide bonds. The fraction of sp³-hybridized carbons (Fsp3) is 0.167. The van der Waals surface area contributed by atoms with Crippen molar-refractivity contribution in [3.63, 3.8) is 0 Å². The van der Waals surface area contributed by atoms with E-state index in [9.17, 15) is 14.4 Å². The molecule has 0 fully saturated rings. The van der Waals surface area contributed by atoms with Crippen LogP contribution in [0.1, 0.15) is 17.3 Å². The largest absolute Gasteiger partial charge is 0.465 e. The van der Waals surface area contributed by atoms with Crippen molar-refractivity contribution in [2.24, 2.45) is 0 Å². The molecule has 0 spiro atoms. The third-order valence-corrected chi connectivity index (χ3v) is 4.31. The fourth-order valence-electron chi connectivity index (χ4n) is 2.24. The molecule has 1 N–H and O–H groups in total. The summed E-state index contributed by atoms with van der Waals surface area (Å²) in [6, 6.07) is 11.1. The number of halogens is 2. The summed E-state index contributed by atoms with van der Waals surface area (Å²) in [6.07, 6.45) is 0. The Kier molecular flexibility index (Phi) is 6.60. The number of hydrogen-bond donors (Lipinski definition) is 1. The van der Waals surface area contributed by atoms with E-state index in [4.69, 9.17) is 23.2 Å². The number of ether oxygens (including phenoxy) is 1. The molecule has 0 aromatic heterocycles. The second kappa shape index (κ2) is 8.69. The van der Waals surface area contributed by atoms with Crippen LogP contribution in [0.3, 0.4) is 0 Å². The summed E-state index contributed by atoms with van der Waals surface area (Å²) in [5.41, 5.74) is 1.01. The molecule has 6 nitrogen and oxygen atoms in total. The number of nitrogens with one attached hydrogen (secondary N) is 1. The molecule has 2 aromatic carbocycles. The number of benzene rings is 2. The smallest absolute Gasteiger partial charge is 0.337 e. The van der Waals surface area contributed by atoms with Crippen molar-refractivity contribution >= 4 is 52.4 Å². The van der Waals surface area contributed by atoms with E-state index in [0.717, 1.165) is 0 Å². The van der Waals surface area contributed by atoms with Crippen LogP contribution in [0.2, 0.25) is 10.0 Å².